The Kier molecular flexibility index (Phi) is 3.96. The highest BCUT2D eigenvalue weighted by molar-refractivity contribution is 6.30. The first-order chi connectivity index (χ1) is 9.22. The fourth-order valence-corrected chi connectivity index (χ4v) is 3.34. The van der Waals surface area contributed by atoms with E-state index in [2.05, 4.69) is 17.3 Å². The SMILES string of the molecule is CN1CCC(CNCc2cc(Cl)cc3c2OCC3)C1. The fourth-order valence-electron chi connectivity index (χ4n) is 3.08. The zero-order chi connectivity index (χ0) is 13.2. The third-order valence-electron chi connectivity index (χ3n) is 4.06. The summed E-state index contributed by atoms with van der Waals surface area (Å²) in [5.74, 6) is 1.83. The first-order valence-corrected chi connectivity index (χ1v) is 7.43. The largest absolute Gasteiger partial charge is 0.493 e. The van der Waals surface area contributed by atoms with Gasteiger partial charge in [0.05, 0.1) is 6.61 Å². The first-order valence-electron chi connectivity index (χ1n) is 7.06. The highest BCUT2D eigenvalue weighted by Crippen LogP contribution is 2.32. The summed E-state index contributed by atoms with van der Waals surface area (Å²) in [6, 6.07) is 4.05. The smallest absolute Gasteiger partial charge is 0.127 e. The molecular weight excluding hydrogens is 260 g/mol. The van der Waals surface area contributed by atoms with Crippen molar-refractivity contribution in [1.29, 1.82) is 0 Å². The van der Waals surface area contributed by atoms with Gasteiger partial charge in [-0.3, -0.25) is 0 Å². The van der Waals surface area contributed by atoms with Crippen LogP contribution in [0.3, 0.4) is 0 Å². The Hall–Kier alpha value is -0.770. The molecule has 1 atom stereocenters. The molecule has 1 aromatic rings. The average Bonchev–Trinajstić information content (AvgIpc) is 2.98. The monoisotopic (exact) mass is 280 g/mol. The van der Waals surface area contributed by atoms with Crippen LogP contribution in [0, 0.1) is 5.92 Å². The molecule has 3 rings (SSSR count). The van der Waals surface area contributed by atoms with Crippen LogP contribution in [0.5, 0.6) is 5.75 Å². The zero-order valence-corrected chi connectivity index (χ0v) is 12.2. The molecule has 1 fully saturated rings. The zero-order valence-electron chi connectivity index (χ0n) is 11.4. The normalized spacial score (nSPS) is 22.5. The van der Waals surface area contributed by atoms with E-state index in [0.29, 0.717) is 0 Å². The fraction of sp³-hybridized carbons (Fsp3) is 0.600. The van der Waals surface area contributed by atoms with E-state index in [4.69, 9.17) is 16.3 Å². The van der Waals surface area contributed by atoms with Crippen LogP contribution in [0.15, 0.2) is 12.1 Å². The number of nitrogens with one attached hydrogen (secondary N) is 1. The second kappa shape index (κ2) is 5.70. The summed E-state index contributed by atoms with van der Waals surface area (Å²) >= 11 is 6.16. The van der Waals surface area contributed by atoms with Gasteiger partial charge in [-0.05, 0) is 50.2 Å². The Bertz CT molecular complexity index is 464. The summed E-state index contributed by atoms with van der Waals surface area (Å²) in [4.78, 5) is 2.40. The lowest BCUT2D eigenvalue weighted by Crippen LogP contribution is -2.24. The highest BCUT2D eigenvalue weighted by atomic mass is 35.5. The molecule has 0 amide bonds. The molecule has 2 aliphatic heterocycles. The Balaban J connectivity index is 1.58. The standard InChI is InChI=1S/C15H21ClN2O/c1-18-4-2-11(10-18)8-17-9-13-7-14(16)6-12-3-5-19-15(12)13/h6-7,11,17H,2-5,8-10H2,1H3. The molecular formula is C15H21ClN2O. The molecule has 1 saturated heterocycles. The minimum atomic E-state index is 0.776. The number of halogens is 1. The van der Waals surface area contributed by atoms with E-state index in [1.165, 1.54) is 30.6 Å². The van der Waals surface area contributed by atoms with Crippen molar-refractivity contribution in [2.75, 3.05) is 33.3 Å². The van der Waals surface area contributed by atoms with E-state index < -0.39 is 0 Å². The van der Waals surface area contributed by atoms with Crippen LogP contribution in [0.1, 0.15) is 17.5 Å². The van der Waals surface area contributed by atoms with Crippen LogP contribution in [-0.4, -0.2) is 38.2 Å². The van der Waals surface area contributed by atoms with Crippen molar-refractivity contribution in [3.05, 3.63) is 28.3 Å². The molecule has 19 heavy (non-hydrogen) atoms. The van der Waals surface area contributed by atoms with Gasteiger partial charge in [0.25, 0.3) is 0 Å². The second-order valence-electron chi connectivity index (χ2n) is 5.70. The van der Waals surface area contributed by atoms with Crippen molar-refractivity contribution in [2.45, 2.75) is 19.4 Å². The van der Waals surface area contributed by atoms with Crippen LogP contribution in [0.2, 0.25) is 5.02 Å². The van der Waals surface area contributed by atoms with E-state index in [0.717, 1.165) is 42.8 Å². The van der Waals surface area contributed by atoms with E-state index in [1.54, 1.807) is 0 Å². The lowest BCUT2D eigenvalue weighted by Gasteiger charge is -2.13. The molecule has 0 aliphatic carbocycles. The quantitative estimate of drug-likeness (QED) is 0.916. The molecule has 3 nitrogen and oxygen atoms in total. The molecule has 4 heteroatoms. The number of hydrogen-bond donors (Lipinski definition) is 1. The number of rotatable bonds is 4. The summed E-state index contributed by atoms with van der Waals surface area (Å²) in [6.45, 7) is 5.14. The molecule has 0 radical (unpaired) electrons. The van der Waals surface area contributed by atoms with Gasteiger partial charge in [-0.2, -0.15) is 0 Å². The summed E-state index contributed by atoms with van der Waals surface area (Å²) in [5.41, 5.74) is 2.45. The third kappa shape index (κ3) is 3.04. The van der Waals surface area contributed by atoms with Crippen molar-refractivity contribution >= 4 is 11.6 Å². The van der Waals surface area contributed by atoms with Gasteiger partial charge in [0.1, 0.15) is 5.75 Å². The predicted octanol–water partition coefficient (Wildman–Crippen LogP) is 2.32. The molecule has 0 saturated carbocycles. The minimum absolute atomic E-state index is 0.776. The average molecular weight is 281 g/mol. The van der Waals surface area contributed by atoms with Crippen molar-refractivity contribution in [2.24, 2.45) is 5.92 Å². The lowest BCUT2D eigenvalue weighted by atomic mass is 10.1. The van der Waals surface area contributed by atoms with Crippen LogP contribution >= 0.6 is 11.6 Å². The molecule has 1 unspecified atom stereocenters. The van der Waals surface area contributed by atoms with Crippen molar-refractivity contribution in [3.63, 3.8) is 0 Å². The Labute approximate surface area is 119 Å². The number of nitrogens with zero attached hydrogens (tertiary/aromatic N) is 1. The lowest BCUT2D eigenvalue weighted by molar-refractivity contribution is 0.351. The number of hydrogen-bond acceptors (Lipinski definition) is 3. The van der Waals surface area contributed by atoms with Gasteiger partial charge in [0.2, 0.25) is 0 Å². The highest BCUT2D eigenvalue weighted by Gasteiger charge is 2.20. The molecule has 0 aromatic heterocycles. The van der Waals surface area contributed by atoms with Gasteiger partial charge < -0.3 is 15.0 Å². The minimum Gasteiger partial charge on any atom is -0.493 e. The summed E-state index contributed by atoms with van der Waals surface area (Å²) in [5, 5.41) is 4.38. The van der Waals surface area contributed by atoms with Crippen molar-refractivity contribution in [1.82, 2.24) is 10.2 Å². The first kappa shape index (κ1) is 13.2. The van der Waals surface area contributed by atoms with Gasteiger partial charge in [0.15, 0.2) is 0 Å². The number of likely N-dealkylation sites (tertiary alicyclic amines) is 1. The number of fused-ring (bicyclic) bond motifs is 1. The van der Waals surface area contributed by atoms with Crippen LogP contribution in [0.25, 0.3) is 0 Å². The van der Waals surface area contributed by atoms with Gasteiger partial charge in [0, 0.05) is 30.1 Å². The molecule has 2 aliphatic rings. The Morgan fingerprint density at radius 3 is 3.16 bits per heavy atom. The van der Waals surface area contributed by atoms with Gasteiger partial charge >= 0.3 is 0 Å². The van der Waals surface area contributed by atoms with Crippen molar-refractivity contribution in [3.8, 4) is 5.75 Å². The molecule has 2 heterocycles. The van der Waals surface area contributed by atoms with Crippen LogP contribution in [0.4, 0.5) is 0 Å². The van der Waals surface area contributed by atoms with E-state index >= 15 is 0 Å². The van der Waals surface area contributed by atoms with Crippen LogP contribution in [-0.2, 0) is 13.0 Å². The predicted molar refractivity (Wildman–Crippen MR) is 78.0 cm³/mol. The van der Waals surface area contributed by atoms with E-state index in [1.807, 2.05) is 12.1 Å². The summed E-state index contributed by atoms with van der Waals surface area (Å²) in [7, 11) is 2.19. The van der Waals surface area contributed by atoms with Gasteiger partial charge in [-0.1, -0.05) is 11.6 Å². The summed E-state index contributed by atoms with van der Waals surface area (Å²) in [6.07, 6.45) is 2.28. The summed E-state index contributed by atoms with van der Waals surface area (Å²) < 4.78 is 5.72. The molecule has 0 bridgehead atoms. The number of benzene rings is 1. The Morgan fingerprint density at radius 1 is 1.47 bits per heavy atom. The maximum absolute atomic E-state index is 6.16. The Morgan fingerprint density at radius 2 is 2.37 bits per heavy atom. The molecule has 1 aromatic carbocycles. The van der Waals surface area contributed by atoms with Gasteiger partial charge in [-0.15, -0.1) is 0 Å². The topological polar surface area (TPSA) is 24.5 Å². The molecule has 104 valence electrons. The maximum atomic E-state index is 6.16. The second-order valence-corrected chi connectivity index (χ2v) is 6.14. The maximum Gasteiger partial charge on any atom is 0.127 e. The van der Waals surface area contributed by atoms with E-state index in [-0.39, 0.29) is 0 Å². The van der Waals surface area contributed by atoms with Gasteiger partial charge in [-0.25, -0.2) is 0 Å². The molecule has 1 N–H and O–H groups in total. The van der Waals surface area contributed by atoms with Crippen molar-refractivity contribution < 1.29 is 4.74 Å². The number of ether oxygens (including phenoxy) is 1. The van der Waals surface area contributed by atoms with E-state index in [9.17, 15) is 0 Å². The van der Waals surface area contributed by atoms with Crippen LogP contribution < -0.4 is 10.1 Å². The third-order valence-corrected chi connectivity index (χ3v) is 4.28. The molecule has 0 spiro atoms.